The lowest BCUT2D eigenvalue weighted by Crippen LogP contribution is -2.44. The number of likely N-dealkylation sites (tertiary alicyclic amines) is 1. The van der Waals surface area contributed by atoms with Crippen molar-refractivity contribution in [2.45, 2.75) is 32.7 Å². The number of nitrogens with one attached hydrogen (secondary N) is 1. The number of para-hydroxylation sites is 1. The number of nitrogens with zero attached hydrogens (tertiary/aromatic N) is 1. The summed E-state index contributed by atoms with van der Waals surface area (Å²) in [6, 6.07) is 8.04. The monoisotopic (exact) mass is 286 g/mol. The van der Waals surface area contributed by atoms with Gasteiger partial charge in [-0.3, -0.25) is 4.79 Å². The van der Waals surface area contributed by atoms with Crippen LogP contribution in [0.5, 0.6) is 0 Å². The number of furan rings is 1. The van der Waals surface area contributed by atoms with Crippen molar-refractivity contribution in [2.24, 2.45) is 0 Å². The van der Waals surface area contributed by atoms with Gasteiger partial charge in [0.05, 0.1) is 0 Å². The molecule has 2 aromatic rings. The van der Waals surface area contributed by atoms with Crippen molar-refractivity contribution in [1.29, 1.82) is 0 Å². The molecule has 4 nitrogen and oxygen atoms in total. The van der Waals surface area contributed by atoms with E-state index in [1.165, 1.54) is 0 Å². The van der Waals surface area contributed by atoms with Gasteiger partial charge in [0, 0.05) is 30.1 Å². The molecule has 3 rings (SSSR count). The molecule has 0 unspecified atom stereocenters. The summed E-state index contributed by atoms with van der Waals surface area (Å²) in [5.74, 6) is 0.368. The van der Waals surface area contributed by atoms with E-state index in [9.17, 15) is 4.79 Å². The zero-order valence-electron chi connectivity index (χ0n) is 12.7. The molecule has 21 heavy (non-hydrogen) atoms. The van der Waals surface area contributed by atoms with E-state index in [4.69, 9.17) is 4.42 Å². The largest absolute Gasteiger partial charge is 0.451 e. The van der Waals surface area contributed by atoms with Gasteiger partial charge < -0.3 is 14.6 Å². The van der Waals surface area contributed by atoms with Crippen LogP contribution in [0, 0.1) is 6.92 Å². The average Bonchev–Trinajstić information content (AvgIpc) is 2.86. The van der Waals surface area contributed by atoms with Gasteiger partial charge in [-0.15, -0.1) is 0 Å². The first-order valence-electron chi connectivity index (χ1n) is 7.70. The number of rotatable bonds is 3. The molecule has 1 aromatic carbocycles. The maximum Gasteiger partial charge on any atom is 0.287 e. The molecule has 0 saturated carbocycles. The molecule has 1 amide bonds. The van der Waals surface area contributed by atoms with Gasteiger partial charge in [0.2, 0.25) is 0 Å². The summed E-state index contributed by atoms with van der Waals surface area (Å²) in [5, 5.41) is 4.14. The molecule has 2 heterocycles. The summed E-state index contributed by atoms with van der Waals surface area (Å²) >= 11 is 0. The second kappa shape index (κ2) is 5.90. The predicted octanol–water partition coefficient (Wildman–Crippen LogP) is 2.96. The molecule has 1 aliphatic heterocycles. The van der Waals surface area contributed by atoms with E-state index < -0.39 is 0 Å². The van der Waals surface area contributed by atoms with E-state index in [1.54, 1.807) is 0 Å². The highest BCUT2D eigenvalue weighted by molar-refractivity contribution is 5.99. The fraction of sp³-hybridized carbons (Fsp3) is 0.471. The van der Waals surface area contributed by atoms with Gasteiger partial charge in [0.25, 0.3) is 5.91 Å². The lowest BCUT2D eigenvalue weighted by atomic mass is 10.0. The van der Waals surface area contributed by atoms with Crippen LogP contribution in [-0.4, -0.2) is 36.5 Å². The normalized spacial score (nSPS) is 17.2. The van der Waals surface area contributed by atoms with Gasteiger partial charge >= 0.3 is 0 Å². The van der Waals surface area contributed by atoms with Crippen molar-refractivity contribution in [1.82, 2.24) is 10.2 Å². The number of amides is 1. The van der Waals surface area contributed by atoms with Gasteiger partial charge in [0.1, 0.15) is 5.58 Å². The number of hydrogen-bond acceptors (Lipinski definition) is 3. The highest BCUT2D eigenvalue weighted by Gasteiger charge is 2.23. The van der Waals surface area contributed by atoms with Crippen LogP contribution in [0.3, 0.4) is 0 Å². The Labute approximate surface area is 125 Å². The molecule has 112 valence electrons. The summed E-state index contributed by atoms with van der Waals surface area (Å²) < 4.78 is 5.72. The lowest BCUT2D eigenvalue weighted by molar-refractivity contribution is 0.0886. The van der Waals surface area contributed by atoms with E-state index in [1.807, 2.05) is 31.2 Å². The number of hydrogen-bond donors (Lipinski definition) is 1. The van der Waals surface area contributed by atoms with E-state index in [0.717, 1.165) is 49.0 Å². The molecule has 1 N–H and O–H groups in total. The van der Waals surface area contributed by atoms with Crippen LogP contribution in [0.2, 0.25) is 0 Å². The Morgan fingerprint density at radius 3 is 2.71 bits per heavy atom. The van der Waals surface area contributed by atoms with Gasteiger partial charge in [-0.05, 0) is 32.4 Å². The Morgan fingerprint density at radius 1 is 1.33 bits per heavy atom. The Balaban J connectivity index is 1.71. The second-order valence-corrected chi connectivity index (χ2v) is 5.73. The predicted molar refractivity (Wildman–Crippen MR) is 83.6 cm³/mol. The smallest absolute Gasteiger partial charge is 0.287 e. The maximum atomic E-state index is 12.4. The Kier molecular flexibility index (Phi) is 3.97. The van der Waals surface area contributed by atoms with Crippen LogP contribution in [0.4, 0.5) is 0 Å². The number of fused-ring (bicyclic) bond motifs is 1. The van der Waals surface area contributed by atoms with E-state index in [0.29, 0.717) is 5.76 Å². The highest BCUT2D eigenvalue weighted by Crippen LogP contribution is 2.25. The summed E-state index contributed by atoms with van der Waals surface area (Å²) in [5.41, 5.74) is 1.70. The third kappa shape index (κ3) is 2.81. The van der Waals surface area contributed by atoms with Crippen LogP contribution in [-0.2, 0) is 0 Å². The number of carbonyl (C=O) groups excluding carboxylic acids is 1. The molecule has 1 aromatic heterocycles. The fourth-order valence-corrected chi connectivity index (χ4v) is 3.04. The molecule has 0 radical (unpaired) electrons. The molecule has 0 spiro atoms. The van der Waals surface area contributed by atoms with Crippen LogP contribution < -0.4 is 5.32 Å². The van der Waals surface area contributed by atoms with Crippen LogP contribution in [0.1, 0.15) is 35.9 Å². The van der Waals surface area contributed by atoms with E-state index in [-0.39, 0.29) is 11.9 Å². The number of aryl methyl sites for hydroxylation is 1. The van der Waals surface area contributed by atoms with Crippen molar-refractivity contribution in [3.05, 3.63) is 35.6 Å². The minimum absolute atomic E-state index is 0.0846. The lowest BCUT2D eigenvalue weighted by Gasteiger charge is -2.31. The number of piperidine rings is 1. The number of benzene rings is 1. The Morgan fingerprint density at radius 2 is 2.05 bits per heavy atom. The molecule has 0 aliphatic carbocycles. The maximum absolute atomic E-state index is 12.4. The SMILES string of the molecule is CCN1CCC(NC(=O)c2oc3ccccc3c2C)CC1. The molecule has 1 saturated heterocycles. The zero-order valence-corrected chi connectivity index (χ0v) is 12.7. The second-order valence-electron chi connectivity index (χ2n) is 5.73. The first-order chi connectivity index (χ1) is 10.2. The van der Waals surface area contributed by atoms with Crippen molar-refractivity contribution in [3.8, 4) is 0 Å². The average molecular weight is 286 g/mol. The quantitative estimate of drug-likeness (QED) is 0.943. The van der Waals surface area contributed by atoms with E-state index >= 15 is 0 Å². The van der Waals surface area contributed by atoms with Gasteiger partial charge in [0.15, 0.2) is 5.76 Å². The third-order valence-corrected chi connectivity index (χ3v) is 4.42. The first-order valence-corrected chi connectivity index (χ1v) is 7.70. The summed E-state index contributed by atoms with van der Waals surface area (Å²) in [4.78, 5) is 14.8. The first kappa shape index (κ1) is 14.1. The third-order valence-electron chi connectivity index (χ3n) is 4.42. The van der Waals surface area contributed by atoms with Crippen LogP contribution in [0.25, 0.3) is 11.0 Å². The van der Waals surface area contributed by atoms with Gasteiger partial charge in [-0.25, -0.2) is 0 Å². The molecular weight excluding hydrogens is 264 g/mol. The minimum atomic E-state index is -0.0846. The molecule has 1 aliphatic rings. The zero-order chi connectivity index (χ0) is 14.8. The van der Waals surface area contributed by atoms with Crippen molar-refractivity contribution in [3.63, 3.8) is 0 Å². The minimum Gasteiger partial charge on any atom is -0.451 e. The van der Waals surface area contributed by atoms with Crippen LogP contribution in [0.15, 0.2) is 28.7 Å². The summed E-state index contributed by atoms with van der Waals surface area (Å²) in [6.07, 6.45) is 2.03. The highest BCUT2D eigenvalue weighted by atomic mass is 16.3. The standard InChI is InChI=1S/C17H22N2O2/c1-3-19-10-8-13(9-11-19)18-17(20)16-12(2)14-6-4-5-7-15(14)21-16/h4-7,13H,3,8-11H2,1-2H3,(H,18,20). The van der Waals surface area contributed by atoms with Gasteiger partial charge in [-0.1, -0.05) is 25.1 Å². The number of carbonyl (C=O) groups is 1. The fourth-order valence-electron chi connectivity index (χ4n) is 3.04. The van der Waals surface area contributed by atoms with Crippen LogP contribution >= 0.6 is 0 Å². The molecule has 0 atom stereocenters. The molecule has 0 bridgehead atoms. The summed E-state index contributed by atoms with van der Waals surface area (Å²) in [7, 11) is 0. The molecule has 4 heteroatoms. The van der Waals surface area contributed by atoms with E-state index in [2.05, 4.69) is 17.1 Å². The van der Waals surface area contributed by atoms with Crippen molar-refractivity contribution >= 4 is 16.9 Å². The Hall–Kier alpha value is -1.81. The Bertz CT molecular complexity index is 639. The molecular formula is C17H22N2O2. The van der Waals surface area contributed by atoms with Crippen molar-refractivity contribution in [2.75, 3.05) is 19.6 Å². The van der Waals surface area contributed by atoms with Crippen molar-refractivity contribution < 1.29 is 9.21 Å². The topological polar surface area (TPSA) is 45.5 Å². The van der Waals surface area contributed by atoms with Gasteiger partial charge in [-0.2, -0.15) is 0 Å². The summed E-state index contributed by atoms with van der Waals surface area (Å²) in [6.45, 7) is 7.32. The molecule has 1 fully saturated rings.